The van der Waals surface area contributed by atoms with Crippen molar-refractivity contribution < 1.29 is 9.84 Å². The first kappa shape index (κ1) is 8.37. The fourth-order valence-electron chi connectivity index (χ4n) is 0.749. The Morgan fingerprint density at radius 2 is 1.91 bits per heavy atom. The average Bonchev–Trinajstić information content (AvgIpc) is 2.04. The molecular formula is C8H9ClO2. The van der Waals surface area contributed by atoms with Crippen molar-refractivity contribution in [3.63, 3.8) is 0 Å². The fourth-order valence-corrected chi connectivity index (χ4v) is 0.826. The van der Waals surface area contributed by atoms with Crippen LogP contribution < -0.4 is 0 Å². The third-order valence-electron chi connectivity index (χ3n) is 1.28. The van der Waals surface area contributed by atoms with Crippen LogP contribution in [0.15, 0.2) is 24.3 Å². The zero-order valence-electron chi connectivity index (χ0n) is 5.96. The van der Waals surface area contributed by atoms with E-state index in [2.05, 4.69) is 0 Å². The lowest BCUT2D eigenvalue weighted by Crippen LogP contribution is -1.88. The molecule has 0 heterocycles. The van der Waals surface area contributed by atoms with Crippen molar-refractivity contribution in [1.29, 1.82) is 0 Å². The van der Waals surface area contributed by atoms with E-state index in [9.17, 15) is 0 Å². The van der Waals surface area contributed by atoms with Crippen LogP contribution in [0.3, 0.4) is 0 Å². The molecule has 1 aromatic carbocycles. The first-order chi connectivity index (χ1) is 5.33. The zero-order chi connectivity index (χ0) is 8.10. The van der Waals surface area contributed by atoms with Gasteiger partial charge in [0.2, 0.25) is 0 Å². The van der Waals surface area contributed by atoms with Crippen LogP contribution in [0.4, 0.5) is 0 Å². The molecule has 60 valence electrons. The molecule has 11 heavy (non-hydrogen) atoms. The summed E-state index contributed by atoms with van der Waals surface area (Å²) in [6, 6.07) is 7.02. The van der Waals surface area contributed by atoms with Gasteiger partial charge in [0.25, 0.3) is 0 Å². The Bertz CT molecular complexity index is 208. The van der Waals surface area contributed by atoms with Crippen molar-refractivity contribution in [3.8, 4) is 5.75 Å². The fraction of sp³-hybridized carbons (Fsp3) is 0.250. The van der Waals surface area contributed by atoms with E-state index in [1.54, 1.807) is 24.3 Å². The largest absolute Gasteiger partial charge is 0.508 e. The molecule has 0 atom stereocenters. The van der Waals surface area contributed by atoms with Gasteiger partial charge in [0, 0.05) is 0 Å². The zero-order valence-corrected chi connectivity index (χ0v) is 6.71. The van der Waals surface area contributed by atoms with Crippen molar-refractivity contribution in [2.24, 2.45) is 0 Å². The minimum atomic E-state index is 0.195. The van der Waals surface area contributed by atoms with Crippen LogP contribution in [0.1, 0.15) is 5.56 Å². The normalized spacial score (nSPS) is 9.91. The van der Waals surface area contributed by atoms with E-state index >= 15 is 0 Å². The smallest absolute Gasteiger partial charge is 0.121 e. The number of aromatic hydroxyl groups is 1. The minimum absolute atomic E-state index is 0.195. The second kappa shape index (κ2) is 4.21. The Labute approximate surface area is 70.4 Å². The van der Waals surface area contributed by atoms with Crippen LogP contribution in [0, 0.1) is 0 Å². The summed E-state index contributed by atoms with van der Waals surface area (Å²) >= 11 is 5.31. The lowest BCUT2D eigenvalue weighted by atomic mass is 10.2. The van der Waals surface area contributed by atoms with E-state index < -0.39 is 0 Å². The van der Waals surface area contributed by atoms with Crippen LogP contribution in [0.2, 0.25) is 0 Å². The molecule has 0 unspecified atom stereocenters. The van der Waals surface area contributed by atoms with Crippen molar-refractivity contribution in [3.05, 3.63) is 29.8 Å². The summed E-state index contributed by atoms with van der Waals surface area (Å²) in [6.07, 6.45) is 0. The van der Waals surface area contributed by atoms with Crippen molar-refractivity contribution in [1.82, 2.24) is 0 Å². The number of ether oxygens (including phenoxy) is 1. The Kier molecular flexibility index (Phi) is 3.20. The summed E-state index contributed by atoms with van der Waals surface area (Å²) in [5, 5.41) is 8.92. The van der Waals surface area contributed by atoms with Crippen LogP contribution in [0.5, 0.6) is 5.75 Å². The lowest BCUT2D eigenvalue weighted by Gasteiger charge is -1.99. The first-order valence-electron chi connectivity index (χ1n) is 3.24. The second-order valence-electron chi connectivity index (χ2n) is 2.12. The van der Waals surface area contributed by atoms with E-state index in [4.69, 9.17) is 21.4 Å². The maximum atomic E-state index is 8.92. The third kappa shape index (κ3) is 2.78. The van der Waals surface area contributed by atoms with Gasteiger partial charge in [0.1, 0.15) is 11.8 Å². The highest BCUT2D eigenvalue weighted by molar-refractivity contribution is 6.17. The monoisotopic (exact) mass is 172 g/mol. The van der Waals surface area contributed by atoms with Crippen LogP contribution >= 0.6 is 11.6 Å². The SMILES string of the molecule is Oc1ccc(COCCl)cc1. The highest BCUT2D eigenvalue weighted by Crippen LogP contribution is 2.10. The standard InChI is InChI=1S/C8H9ClO2/c9-6-11-5-7-1-3-8(10)4-2-7/h1-4,10H,5-6H2. The summed E-state index contributed by atoms with van der Waals surface area (Å²) in [6.45, 7) is 0.490. The van der Waals surface area contributed by atoms with Gasteiger partial charge in [-0.05, 0) is 17.7 Å². The summed E-state index contributed by atoms with van der Waals surface area (Å²) in [5.41, 5.74) is 1.00. The molecule has 1 N–H and O–H groups in total. The van der Waals surface area contributed by atoms with Gasteiger partial charge in [0.05, 0.1) is 6.61 Å². The summed E-state index contributed by atoms with van der Waals surface area (Å²) in [7, 11) is 0. The number of phenolic OH excluding ortho intramolecular Hbond substituents is 1. The molecule has 0 amide bonds. The first-order valence-corrected chi connectivity index (χ1v) is 3.78. The number of phenols is 1. The molecule has 0 aliphatic heterocycles. The number of rotatable bonds is 3. The molecule has 1 aromatic rings. The highest BCUT2D eigenvalue weighted by atomic mass is 35.5. The molecule has 0 radical (unpaired) electrons. The molecule has 1 rings (SSSR count). The number of hydrogen-bond acceptors (Lipinski definition) is 2. The molecule has 0 bridgehead atoms. The van der Waals surface area contributed by atoms with Crippen LogP contribution in [-0.2, 0) is 11.3 Å². The maximum absolute atomic E-state index is 8.92. The van der Waals surface area contributed by atoms with Gasteiger partial charge in [-0.2, -0.15) is 0 Å². The van der Waals surface area contributed by atoms with Crippen molar-refractivity contribution in [2.45, 2.75) is 6.61 Å². The van der Waals surface area contributed by atoms with Crippen molar-refractivity contribution in [2.75, 3.05) is 6.07 Å². The Balaban J connectivity index is 2.52. The molecule has 0 aliphatic carbocycles. The quantitative estimate of drug-likeness (QED) is 0.708. The van der Waals surface area contributed by atoms with Gasteiger partial charge in [-0.1, -0.05) is 23.7 Å². The van der Waals surface area contributed by atoms with Crippen LogP contribution in [-0.4, -0.2) is 11.2 Å². The molecule has 0 aliphatic rings. The summed E-state index contributed by atoms with van der Waals surface area (Å²) in [5.74, 6) is 0.264. The number of hydrogen-bond donors (Lipinski definition) is 1. The van der Waals surface area contributed by atoms with Gasteiger partial charge < -0.3 is 9.84 Å². The molecule has 0 aromatic heterocycles. The van der Waals surface area contributed by atoms with Gasteiger partial charge in [0.15, 0.2) is 0 Å². The van der Waals surface area contributed by atoms with Gasteiger partial charge >= 0.3 is 0 Å². The second-order valence-corrected chi connectivity index (χ2v) is 2.34. The van der Waals surface area contributed by atoms with Crippen molar-refractivity contribution >= 4 is 11.6 Å². The molecule has 3 heteroatoms. The molecule has 0 spiro atoms. The van der Waals surface area contributed by atoms with E-state index in [1.165, 1.54) is 0 Å². The Hall–Kier alpha value is -0.730. The lowest BCUT2D eigenvalue weighted by molar-refractivity contribution is 0.165. The molecule has 0 fully saturated rings. The number of alkyl halides is 1. The topological polar surface area (TPSA) is 29.5 Å². The van der Waals surface area contributed by atoms with Gasteiger partial charge in [-0.25, -0.2) is 0 Å². The Morgan fingerprint density at radius 1 is 1.27 bits per heavy atom. The molecule has 0 saturated heterocycles. The number of benzene rings is 1. The van der Waals surface area contributed by atoms with E-state index in [1.807, 2.05) is 0 Å². The minimum Gasteiger partial charge on any atom is -0.508 e. The molecular weight excluding hydrogens is 164 g/mol. The predicted molar refractivity (Wildman–Crippen MR) is 43.6 cm³/mol. The van der Waals surface area contributed by atoms with Crippen LogP contribution in [0.25, 0.3) is 0 Å². The summed E-state index contributed by atoms with van der Waals surface area (Å²) < 4.78 is 4.94. The Morgan fingerprint density at radius 3 is 2.45 bits per heavy atom. The van der Waals surface area contributed by atoms with E-state index in [0.29, 0.717) is 6.61 Å². The van der Waals surface area contributed by atoms with E-state index in [-0.39, 0.29) is 11.8 Å². The maximum Gasteiger partial charge on any atom is 0.121 e. The van der Waals surface area contributed by atoms with E-state index in [0.717, 1.165) is 5.56 Å². The number of halogens is 1. The third-order valence-corrected chi connectivity index (χ3v) is 1.44. The highest BCUT2D eigenvalue weighted by Gasteiger charge is 1.91. The summed E-state index contributed by atoms with van der Waals surface area (Å²) in [4.78, 5) is 0. The predicted octanol–water partition coefficient (Wildman–Crippen LogP) is 2.11. The molecule has 2 nitrogen and oxygen atoms in total. The average molecular weight is 173 g/mol. The molecule has 0 saturated carbocycles. The van der Waals surface area contributed by atoms with Gasteiger partial charge in [-0.3, -0.25) is 0 Å². The van der Waals surface area contributed by atoms with Gasteiger partial charge in [-0.15, -0.1) is 0 Å².